The van der Waals surface area contributed by atoms with E-state index in [1.54, 1.807) is 0 Å². The lowest BCUT2D eigenvalue weighted by Gasteiger charge is -2.13. The summed E-state index contributed by atoms with van der Waals surface area (Å²) in [7, 11) is 0. The van der Waals surface area contributed by atoms with Crippen LogP contribution in [0, 0.1) is 0 Å². The zero-order valence-electron chi connectivity index (χ0n) is 25.2. The third-order valence-corrected chi connectivity index (χ3v) is 9.89. The Kier molecular flexibility index (Phi) is 4.81. The first kappa shape index (κ1) is 24.9. The summed E-state index contributed by atoms with van der Waals surface area (Å²) in [4.78, 5) is 5.01. The van der Waals surface area contributed by atoms with Gasteiger partial charge in [0.05, 0.1) is 27.8 Å². The van der Waals surface area contributed by atoms with Crippen molar-refractivity contribution in [1.29, 1.82) is 0 Å². The largest absolute Gasteiger partial charge is 0.435 e. The van der Waals surface area contributed by atoms with Crippen LogP contribution in [-0.4, -0.2) is 14.1 Å². The van der Waals surface area contributed by atoms with Crippen LogP contribution in [0.2, 0.25) is 0 Å². The molecule has 4 nitrogen and oxygen atoms in total. The van der Waals surface area contributed by atoms with Crippen molar-refractivity contribution in [2.75, 3.05) is 0 Å². The summed E-state index contributed by atoms with van der Waals surface area (Å²) in [6.07, 6.45) is 0. The maximum Gasteiger partial charge on any atom is 0.227 e. The van der Waals surface area contributed by atoms with Gasteiger partial charge in [0.2, 0.25) is 5.89 Å². The van der Waals surface area contributed by atoms with Gasteiger partial charge in [0.1, 0.15) is 5.69 Å². The molecule has 0 aliphatic heterocycles. The van der Waals surface area contributed by atoms with Crippen LogP contribution in [-0.2, 0) is 0 Å². The van der Waals surface area contributed by atoms with E-state index in [0.717, 1.165) is 39.5 Å². The molecule has 4 heteroatoms. The fraction of sp³-hybridized carbons (Fsp3) is 0. The van der Waals surface area contributed by atoms with Crippen molar-refractivity contribution in [3.63, 3.8) is 0 Å². The van der Waals surface area contributed by atoms with E-state index in [1.165, 1.54) is 54.4 Å². The zero-order chi connectivity index (χ0) is 30.6. The van der Waals surface area contributed by atoms with Gasteiger partial charge in [-0.05, 0) is 60.7 Å². The van der Waals surface area contributed by atoms with Gasteiger partial charge in [-0.25, -0.2) is 4.98 Å². The number of para-hydroxylation sites is 3. The molecule has 1 aliphatic rings. The smallest absolute Gasteiger partial charge is 0.227 e. The maximum atomic E-state index is 6.46. The summed E-state index contributed by atoms with van der Waals surface area (Å²) < 4.78 is 11.3. The monoisotopic (exact) mass is 599 g/mol. The molecule has 0 saturated carbocycles. The Morgan fingerprint density at radius 3 is 1.79 bits per heavy atom. The first-order valence-corrected chi connectivity index (χ1v) is 16.0. The number of oxazole rings is 1. The minimum atomic E-state index is 0.656. The SMILES string of the molecule is c1ccc(-c2nc3c(o2)-c2cccc4c(-n5c6ccccc6c6c7c8ccccc8n(-c8ccccc8)c7ccc65)ccc-3c24)cc1. The fourth-order valence-corrected chi connectivity index (χ4v) is 8.00. The third-order valence-electron chi connectivity index (χ3n) is 9.89. The Balaban J connectivity index is 1.21. The van der Waals surface area contributed by atoms with Gasteiger partial charge < -0.3 is 13.6 Å². The van der Waals surface area contributed by atoms with E-state index in [4.69, 9.17) is 9.40 Å². The number of aromatic nitrogens is 3. The standard InChI is InChI=1S/C43H25N3O/c1-3-12-26(13-4-1)43-44-41-31-22-23-35(28-18-11-19-32(38(28)31)42(41)47-43)46-34-21-10-8-17-30(34)40-37(46)25-24-36-39(40)29-16-7-9-20-33(29)45(36)27-14-5-2-6-15-27/h1-25H. The lowest BCUT2D eigenvalue weighted by atomic mass is 10.0. The molecular weight excluding hydrogens is 574 g/mol. The molecule has 0 bridgehead atoms. The van der Waals surface area contributed by atoms with Gasteiger partial charge in [-0.15, -0.1) is 0 Å². The molecule has 0 atom stereocenters. The third kappa shape index (κ3) is 3.23. The highest BCUT2D eigenvalue weighted by Gasteiger charge is 2.30. The summed E-state index contributed by atoms with van der Waals surface area (Å²) in [6, 6.07) is 54.0. The molecule has 7 aromatic carbocycles. The van der Waals surface area contributed by atoms with E-state index in [2.05, 4.69) is 130 Å². The van der Waals surface area contributed by atoms with Crippen molar-refractivity contribution in [3.8, 4) is 45.4 Å². The first-order valence-electron chi connectivity index (χ1n) is 16.0. The van der Waals surface area contributed by atoms with Crippen LogP contribution in [0.25, 0.3) is 99.8 Å². The van der Waals surface area contributed by atoms with Gasteiger partial charge in [-0.3, -0.25) is 0 Å². The van der Waals surface area contributed by atoms with E-state index in [0.29, 0.717) is 5.89 Å². The van der Waals surface area contributed by atoms with Crippen molar-refractivity contribution < 1.29 is 4.42 Å². The van der Waals surface area contributed by atoms with Gasteiger partial charge in [-0.1, -0.05) is 91.0 Å². The molecule has 3 aromatic heterocycles. The molecule has 218 valence electrons. The molecule has 0 saturated heterocycles. The molecule has 3 heterocycles. The average molecular weight is 600 g/mol. The molecule has 47 heavy (non-hydrogen) atoms. The molecule has 0 N–H and O–H groups in total. The second-order valence-electron chi connectivity index (χ2n) is 12.3. The van der Waals surface area contributed by atoms with Gasteiger partial charge >= 0.3 is 0 Å². The van der Waals surface area contributed by atoms with Crippen molar-refractivity contribution in [3.05, 3.63) is 152 Å². The highest BCUT2D eigenvalue weighted by atomic mass is 16.4. The van der Waals surface area contributed by atoms with Crippen molar-refractivity contribution in [1.82, 2.24) is 14.1 Å². The molecule has 0 amide bonds. The number of nitrogens with zero attached hydrogens (tertiary/aromatic N) is 3. The summed E-state index contributed by atoms with van der Waals surface area (Å²) in [6.45, 7) is 0. The second kappa shape index (κ2) is 9.09. The minimum Gasteiger partial charge on any atom is -0.435 e. The Labute approximate surface area is 269 Å². The van der Waals surface area contributed by atoms with Crippen LogP contribution in [0.1, 0.15) is 0 Å². The predicted octanol–water partition coefficient (Wildman–Crippen LogP) is 11.3. The Morgan fingerprint density at radius 1 is 0.426 bits per heavy atom. The first-order chi connectivity index (χ1) is 23.3. The van der Waals surface area contributed by atoms with Crippen LogP contribution in [0.4, 0.5) is 0 Å². The van der Waals surface area contributed by atoms with Crippen molar-refractivity contribution in [2.45, 2.75) is 0 Å². The van der Waals surface area contributed by atoms with E-state index in [-0.39, 0.29) is 0 Å². The molecule has 10 aromatic rings. The van der Waals surface area contributed by atoms with E-state index >= 15 is 0 Å². The molecule has 11 rings (SSSR count). The van der Waals surface area contributed by atoms with Crippen molar-refractivity contribution in [2.24, 2.45) is 0 Å². The van der Waals surface area contributed by atoms with E-state index in [1.807, 2.05) is 30.3 Å². The topological polar surface area (TPSA) is 35.9 Å². The van der Waals surface area contributed by atoms with Crippen LogP contribution < -0.4 is 0 Å². The second-order valence-corrected chi connectivity index (χ2v) is 12.3. The van der Waals surface area contributed by atoms with Crippen molar-refractivity contribution >= 4 is 54.4 Å². The lowest BCUT2D eigenvalue weighted by Crippen LogP contribution is -1.96. The highest BCUT2D eigenvalue weighted by molar-refractivity contribution is 6.29. The predicted molar refractivity (Wildman–Crippen MR) is 193 cm³/mol. The normalized spacial score (nSPS) is 12.3. The Morgan fingerprint density at radius 2 is 1.04 bits per heavy atom. The molecule has 0 spiro atoms. The fourth-order valence-electron chi connectivity index (χ4n) is 8.00. The van der Waals surface area contributed by atoms with Gasteiger partial charge in [0.25, 0.3) is 0 Å². The summed E-state index contributed by atoms with van der Waals surface area (Å²) in [5.41, 5.74) is 11.2. The summed E-state index contributed by atoms with van der Waals surface area (Å²) in [5.74, 6) is 1.50. The van der Waals surface area contributed by atoms with Gasteiger partial charge in [-0.2, -0.15) is 0 Å². The summed E-state index contributed by atoms with van der Waals surface area (Å²) in [5, 5.41) is 7.42. The molecule has 0 radical (unpaired) electrons. The number of hydrogen-bond acceptors (Lipinski definition) is 2. The minimum absolute atomic E-state index is 0.656. The Hall–Kier alpha value is -6.39. The quantitative estimate of drug-likeness (QED) is 0.203. The number of hydrogen-bond donors (Lipinski definition) is 0. The van der Waals surface area contributed by atoms with Crippen LogP contribution in [0.15, 0.2) is 156 Å². The molecular formula is C43H25N3O. The van der Waals surface area contributed by atoms with Gasteiger partial charge in [0.15, 0.2) is 5.76 Å². The van der Waals surface area contributed by atoms with Gasteiger partial charge in [0, 0.05) is 54.7 Å². The molecule has 0 fully saturated rings. The summed E-state index contributed by atoms with van der Waals surface area (Å²) >= 11 is 0. The zero-order valence-corrected chi connectivity index (χ0v) is 25.2. The number of benzene rings is 7. The highest BCUT2D eigenvalue weighted by Crippen LogP contribution is 2.51. The average Bonchev–Trinajstić information content (AvgIpc) is 3.88. The van der Waals surface area contributed by atoms with Crippen LogP contribution in [0.5, 0.6) is 0 Å². The van der Waals surface area contributed by atoms with Crippen LogP contribution in [0.3, 0.4) is 0 Å². The maximum absolute atomic E-state index is 6.46. The lowest BCUT2D eigenvalue weighted by molar-refractivity contribution is 0.590. The number of fused-ring (bicyclic) bond motifs is 10. The Bertz CT molecular complexity index is 2860. The van der Waals surface area contributed by atoms with E-state index < -0.39 is 0 Å². The van der Waals surface area contributed by atoms with Crippen LogP contribution >= 0.6 is 0 Å². The molecule has 1 aliphatic carbocycles. The number of rotatable bonds is 3. The molecule has 0 unspecified atom stereocenters. The van der Waals surface area contributed by atoms with E-state index in [9.17, 15) is 0 Å².